The average molecular weight is 578 g/mol. The molecule has 36 heavy (non-hydrogen) atoms. The molecule has 0 spiro atoms. The Morgan fingerprint density at radius 3 is 2.36 bits per heavy atom. The molecule has 0 aliphatic rings. The normalized spacial score (nSPS) is 10.7. The number of hydrogen-bond acceptors (Lipinski definition) is 5. The van der Waals surface area contributed by atoms with Gasteiger partial charge in [-0.05, 0) is 74.2 Å². The topological polar surface area (TPSA) is 82.7 Å². The van der Waals surface area contributed by atoms with Crippen molar-refractivity contribution in [3.63, 3.8) is 0 Å². The number of ether oxygens (including phenoxy) is 1. The molecule has 196 valence electrons. The Bertz CT molecular complexity index is 997. The Kier molecular flexibility index (Phi) is 13.5. The number of unbranched alkanes of at least 4 members (excludes halogenated alkanes) is 3. The number of benzene rings is 2. The summed E-state index contributed by atoms with van der Waals surface area (Å²) in [6, 6.07) is 12.3. The second-order valence-electron chi connectivity index (χ2n) is 8.32. The van der Waals surface area contributed by atoms with Gasteiger partial charge in [0.1, 0.15) is 5.75 Å². The fraction of sp³-hybridized carbons (Fsp3) is 0.444. The summed E-state index contributed by atoms with van der Waals surface area (Å²) in [5, 5.41) is 8.79. The van der Waals surface area contributed by atoms with Gasteiger partial charge in [-0.15, -0.1) is 0 Å². The summed E-state index contributed by atoms with van der Waals surface area (Å²) in [5.74, 6) is 0.0365. The molecule has 0 atom stereocenters. The first-order chi connectivity index (χ1) is 17.4. The molecule has 3 N–H and O–H groups in total. The van der Waals surface area contributed by atoms with Crippen LogP contribution in [-0.2, 0) is 0 Å². The van der Waals surface area contributed by atoms with Crippen LogP contribution in [0.15, 0.2) is 46.9 Å². The largest absolute Gasteiger partial charge is 0.493 e. The van der Waals surface area contributed by atoms with Crippen LogP contribution in [0.2, 0.25) is 0 Å². The van der Waals surface area contributed by atoms with Gasteiger partial charge < -0.3 is 20.3 Å². The van der Waals surface area contributed by atoms with Crippen molar-refractivity contribution >= 4 is 50.8 Å². The standard InChI is InChI=1S/C27H37BrN4O3S/c1-4-7-8-9-18-35-24-15-12-21(28)19-23(24)26(34)31-27(36)30-22-13-10-20(11-14-22)25(33)29-16-17-32(5-2)6-3/h10-15,19H,4-9,16-18H2,1-3H3,(H,29,33)(H2,30,31,34,36). The third kappa shape index (κ3) is 10.2. The van der Waals surface area contributed by atoms with Crippen LogP contribution in [0, 0.1) is 0 Å². The fourth-order valence-corrected chi connectivity index (χ4v) is 4.10. The number of carbonyl (C=O) groups is 2. The summed E-state index contributed by atoms with van der Waals surface area (Å²) in [4.78, 5) is 27.5. The third-order valence-electron chi connectivity index (χ3n) is 5.68. The van der Waals surface area contributed by atoms with E-state index in [0.717, 1.165) is 43.4 Å². The first-order valence-corrected chi connectivity index (χ1v) is 13.7. The number of rotatable bonds is 14. The molecule has 0 unspecified atom stereocenters. The molecule has 0 fully saturated rings. The van der Waals surface area contributed by atoms with E-state index in [1.165, 1.54) is 6.42 Å². The maximum absolute atomic E-state index is 12.9. The van der Waals surface area contributed by atoms with Gasteiger partial charge in [-0.25, -0.2) is 0 Å². The van der Waals surface area contributed by atoms with E-state index < -0.39 is 0 Å². The smallest absolute Gasteiger partial charge is 0.261 e. The summed E-state index contributed by atoms with van der Waals surface area (Å²) in [6.45, 7) is 10.2. The van der Waals surface area contributed by atoms with Gasteiger partial charge in [0.15, 0.2) is 5.11 Å². The average Bonchev–Trinajstić information content (AvgIpc) is 2.87. The molecule has 0 bridgehead atoms. The van der Waals surface area contributed by atoms with Gasteiger partial charge in [0, 0.05) is 28.8 Å². The Hall–Kier alpha value is -2.49. The second kappa shape index (κ2) is 16.3. The molecule has 0 saturated heterocycles. The van der Waals surface area contributed by atoms with Crippen LogP contribution >= 0.6 is 28.1 Å². The predicted octanol–water partition coefficient (Wildman–Crippen LogP) is 5.61. The first kappa shape index (κ1) is 29.7. The first-order valence-electron chi connectivity index (χ1n) is 12.5. The van der Waals surface area contributed by atoms with Crippen molar-refractivity contribution in [3.8, 4) is 5.75 Å². The number of likely N-dealkylation sites (N-methyl/N-ethyl adjacent to an activating group) is 1. The van der Waals surface area contributed by atoms with Crippen molar-refractivity contribution in [2.24, 2.45) is 0 Å². The third-order valence-corrected chi connectivity index (χ3v) is 6.38. The van der Waals surface area contributed by atoms with E-state index in [0.29, 0.717) is 35.7 Å². The molecule has 0 heterocycles. The molecule has 2 rings (SSSR count). The Labute approximate surface area is 228 Å². The van der Waals surface area contributed by atoms with Crippen molar-refractivity contribution in [3.05, 3.63) is 58.1 Å². The highest BCUT2D eigenvalue weighted by atomic mass is 79.9. The molecule has 9 heteroatoms. The quantitative estimate of drug-likeness (QED) is 0.200. The van der Waals surface area contributed by atoms with Gasteiger partial charge in [-0.3, -0.25) is 14.9 Å². The van der Waals surface area contributed by atoms with Crippen LogP contribution < -0.4 is 20.7 Å². The van der Waals surface area contributed by atoms with Crippen molar-refractivity contribution in [2.75, 3.05) is 38.1 Å². The number of nitrogens with zero attached hydrogens (tertiary/aromatic N) is 1. The lowest BCUT2D eigenvalue weighted by atomic mass is 10.2. The predicted molar refractivity (Wildman–Crippen MR) is 154 cm³/mol. The van der Waals surface area contributed by atoms with Gasteiger partial charge in [0.05, 0.1) is 12.2 Å². The monoisotopic (exact) mass is 576 g/mol. The number of halogens is 1. The van der Waals surface area contributed by atoms with Crippen LogP contribution in [0.3, 0.4) is 0 Å². The maximum atomic E-state index is 12.9. The van der Waals surface area contributed by atoms with Gasteiger partial charge in [-0.1, -0.05) is 56.0 Å². The lowest BCUT2D eigenvalue weighted by Crippen LogP contribution is -2.35. The molecular formula is C27H37BrN4O3S. The van der Waals surface area contributed by atoms with E-state index in [4.69, 9.17) is 17.0 Å². The fourth-order valence-electron chi connectivity index (χ4n) is 3.52. The Balaban J connectivity index is 1.89. The number of thiocarbonyl (C=S) groups is 1. The Morgan fingerprint density at radius 2 is 1.69 bits per heavy atom. The molecule has 0 aromatic heterocycles. The van der Waals surface area contributed by atoms with Gasteiger partial charge in [0.2, 0.25) is 0 Å². The summed E-state index contributed by atoms with van der Waals surface area (Å²) in [7, 11) is 0. The summed E-state index contributed by atoms with van der Waals surface area (Å²) in [6.07, 6.45) is 4.36. The van der Waals surface area contributed by atoms with Gasteiger partial charge in [-0.2, -0.15) is 0 Å². The lowest BCUT2D eigenvalue weighted by molar-refractivity contribution is 0.0946. The minimum absolute atomic E-state index is 0.124. The van der Waals surface area contributed by atoms with E-state index in [-0.39, 0.29) is 16.9 Å². The van der Waals surface area contributed by atoms with E-state index in [2.05, 4.69) is 57.6 Å². The van der Waals surface area contributed by atoms with Crippen LogP contribution in [0.4, 0.5) is 5.69 Å². The molecule has 2 aromatic carbocycles. The zero-order valence-electron chi connectivity index (χ0n) is 21.4. The number of carbonyl (C=O) groups excluding carboxylic acids is 2. The molecular weight excluding hydrogens is 540 g/mol. The highest BCUT2D eigenvalue weighted by Crippen LogP contribution is 2.24. The van der Waals surface area contributed by atoms with Crippen LogP contribution in [0.5, 0.6) is 5.75 Å². The number of hydrogen-bond donors (Lipinski definition) is 3. The zero-order valence-corrected chi connectivity index (χ0v) is 23.8. The summed E-state index contributed by atoms with van der Waals surface area (Å²) >= 11 is 8.75. The Morgan fingerprint density at radius 1 is 0.972 bits per heavy atom. The van der Waals surface area contributed by atoms with E-state index in [1.54, 1.807) is 36.4 Å². The van der Waals surface area contributed by atoms with Crippen molar-refractivity contribution in [1.29, 1.82) is 0 Å². The van der Waals surface area contributed by atoms with Crippen molar-refractivity contribution in [1.82, 2.24) is 15.5 Å². The molecule has 2 aromatic rings. The SMILES string of the molecule is CCCCCCOc1ccc(Br)cc1C(=O)NC(=S)Nc1ccc(C(=O)NCCN(CC)CC)cc1. The lowest BCUT2D eigenvalue weighted by Gasteiger charge is -2.18. The van der Waals surface area contributed by atoms with Crippen molar-refractivity contribution < 1.29 is 14.3 Å². The highest BCUT2D eigenvalue weighted by molar-refractivity contribution is 9.10. The maximum Gasteiger partial charge on any atom is 0.261 e. The van der Waals surface area contributed by atoms with E-state index in [9.17, 15) is 9.59 Å². The van der Waals surface area contributed by atoms with Crippen LogP contribution in [0.1, 0.15) is 67.2 Å². The molecule has 0 aliphatic heterocycles. The molecule has 0 radical (unpaired) electrons. The van der Waals surface area contributed by atoms with Gasteiger partial charge in [0.25, 0.3) is 11.8 Å². The minimum Gasteiger partial charge on any atom is -0.493 e. The summed E-state index contributed by atoms with van der Waals surface area (Å²) < 4.78 is 6.64. The minimum atomic E-state index is -0.360. The highest BCUT2D eigenvalue weighted by Gasteiger charge is 2.15. The molecule has 0 saturated carbocycles. The molecule has 7 nitrogen and oxygen atoms in total. The summed E-state index contributed by atoms with van der Waals surface area (Å²) in [5.41, 5.74) is 1.63. The van der Waals surface area contributed by atoms with Crippen LogP contribution in [0.25, 0.3) is 0 Å². The van der Waals surface area contributed by atoms with Crippen LogP contribution in [-0.4, -0.2) is 54.6 Å². The van der Waals surface area contributed by atoms with Gasteiger partial charge >= 0.3 is 0 Å². The van der Waals surface area contributed by atoms with Crippen molar-refractivity contribution in [2.45, 2.75) is 46.5 Å². The number of anilines is 1. The molecule has 2 amide bonds. The molecule has 0 aliphatic carbocycles. The number of amides is 2. The zero-order chi connectivity index (χ0) is 26.3. The van der Waals surface area contributed by atoms with E-state index >= 15 is 0 Å². The number of nitrogens with one attached hydrogen (secondary N) is 3. The second-order valence-corrected chi connectivity index (χ2v) is 9.64. The van der Waals surface area contributed by atoms with E-state index in [1.807, 2.05) is 6.07 Å².